The van der Waals surface area contributed by atoms with Crippen molar-refractivity contribution in [3.05, 3.63) is 33.9 Å². The van der Waals surface area contributed by atoms with Crippen molar-refractivity contribution in [1.29, 1.82) is 0 Å². The molecule has 42 heavy (non-hydrogen) atoms. The number of primary amides is 1. The second-order valence-electron chi connectivity index (χ2n) is 8.66. The molecule has 0 bridgehead atoms. The van der Waals surface area contributed by atoms with Crippen LogP contribution in [0.25, 0.3) is 0 Å². The van der Waals surface area contributed by atoms with Gasteiger partial charge in [0.05, 0.1) is 10.5 Å². The molecule has 224 valence electrons. The molecule has 3 atom stereocenters. The summed E-state index contributed by atoms with van der Waals surface area (Å²) in [6.07, 6.45) is 6.85. The minimum Gasteiger partial charge on any atom is -0.490 e. The van der Waals surface area contributed by atoms with Crippen LogP contribution in [0.15, 0.2) is 18.2 Å². The Kier molecular flexibility index (Phi) is 13.0. The van der Waals surface area contributed by atoms with Gasteiger partial charge in [-0.15, -0.1) is 6.42 Å². The summed E-state index contributed by atoms with van der Waals surface area (Å²) >= 11 is 0. The van der Waals surface area contributed by atoms with Crippen molar-refractivity contribution in [2.45, 2.75) is 50.2 Å². The highest BCUT2D eigenvalue weighted by Crippen LogP contribution is 2.25. The molecule has 0 aliphatic carbocycles. The molecular weight excluding hydrogens is 560 g/mol. The van der Waals surface area contributed by atoms with Crippen LogP contribution < -0.4 is 31.9 Å². The molecule has 0 saturated carbocycles. The molecule has 4 amide bonds. The molecule has 1 aromatic rings. The number of terminal acetylenes is 1. The maximum Gasteiger partial charge on any atom is 0.303 e. The van der Waals surface area contributed by atoms with Gasteiger partial charge in [0, 0.05) is 31.0 Å². The molecule has 0 aromatic heterocycles. The van der Waals surface area contributed by atoms with Crippen molar-refractivity contribution in [2.24, 2.45) is 5.73 Å². The number of aliphatic carboxylic acids is 1. The second-order valence-corrected chi connectivity index (χ2v) is 8.66. The topological polar surface area (TPSA) is 251 Å². The van der Waals surface area contributed by atoms with Crippen molar-refractivity contribution in [2.75, 3.05) is 13.2 Å². The van der Waals surface area contributed by atoms with E-state index in [-0.39, 0.29) is 30.7 Å². The number of ether oxygens (including phenoxy) is 1. The number of rotatable bonds is 12. The highest BCUT2D eigenvalue weighted by atomic mass is 17.3. The lowest BCUT2D eigenvalue weighted by Crippen LogP contribution is -2.57. The molecule has 7 N–H and O–H groups in total. The third kappa shape index (κ3) is 10.6. The van der Waals surface area contributed by atoms with E-state index < -0.39 is 71.4 Å². The van der Waals surface area contributed by atoms with Crippen LogP contribution in [0.2, 0.25) is 0 Å². The maximum atomic E-state index is 13.2. The lowest BCUT2D eigenvalue weighted by molar-refractivity contribution is -0.384. The number of nitrogens with zero attached hydrogens (tertiary/aromatic N) is 1. The van der Waals surface area contributed by atoms with Crippen LogP contribution in [-0.2, 0) is 29.1 Å². The first-order chi connectivity index (χ1) is 20.0. The number of nitro groups is 1. The Morgan fingerprint density at radius 3 is 2.55 bits per heavy atom. The van der Waals surface area contributed by atoms with Crippen LogP contribution in [0.1, 0.15) is 42.5 Å². The van der Waals surface area contributed by atoms with E-state index in [1.165, 1.54) is 0 Å². The first-order valence-electron chi connectivity index (χ1n) is 12.4. The lowest BCUT2D eigenvalue weighted by Gasteiger charge is -2.24. The van der Waals surface area contributed by atoms with Gasteiger partial charge in [-0.2, -0.15) is 5.48 Å². The molecule has 0 saturated heterocycles. The number of hydrogen-bond donors (Lipinski definition) is 6. The van der Waals surface area contributed by atoms with Crippen molar-refractivity contribution < 1.29 is 48.6 Å². The van der Waals surface area contributed by atoms with Gasteiger partial charge in [-0.25, -0.2) is 0 Å². The summed E-state index contributed by atoms with van der Waals surface area (Å²) in [6.45, 7) is -0.314. The van der Waals surface area contributed by atoms with Gasteiger partial charge < -0.3 is 31.5 Å². The number of nitrogens with one attached hydrogen (secondary N) is 4. The van der Waals surface area contributed by atoms with Gasteiger partial charge >= 0.3 is 5.97 Å². The molecule has 1 aromatic carbocycles. The number of hydroxylamine groups is 1. The zero-order chi connectivity index (χ0) is 31.1. The number of hydrogen-bond acceptors (Lipinski definition) is 11. The highest BCUT2D eigenvalue weighted by molar-refractivity contribution is 6.01. The SMILES string of the molecule is C#CC#COONCCCCC1NC(=O)C(CCC(=O)O)NC(=O)c2cc([N+](=O)[O-])ccc2OCC(C(N)=O)NC1=O. The van der Waals surface area contributed by atoms with Crippen molar-refractivity contribution >= 4 is 35.3 Å². The molecule has 0 fully saturated rings. The number of benzene rings is 1. The molecule has 2 rings (SSSR count). The molecule has 0 radical (unpaired) electrons. The molecule has 1 aliphatic rings. The standard InChI is InChI=1S/C25H28N6O11/c1-2-3-12-41-42-27-11-5-4-6-17-24(36)30-19(22(26)34)14-40-20-9-7-15(31(38)39)13-16(20)23(35)28-18(25(37)29-17)8-10-21(32)33/h1,7,9,13,17-19,27H,4-6,8,10-11,14H2,(H2,26,34)(H,28,35)(H,29,37)(H,30,36)(H,32,33). The third-order valence-corrected chi connectivity index (χ3v) is 5.67. The Hall–Kier alpha value is -5.39. The smallest absolute Gasteiger partial charge is 0.303 e. The fourth-order valence-electron chi connectivity index (χ4n) is 3.58. The van der Waals surface area contributed by atoms with Gasteiger partial charge in [0.25, 0.3) is 11.6 Å². The minimum absolute atomic E-state index is 0.0371. The summed E-state index contributed by atoms with van der Waals surface area (Å²) in [5.41, 5.74) is 7.01. The predicted octanol–water partition coefficient (Wildman–Crippen LogP) is -1.38. The normalized spacial score (nSPS) is 18.7. The quantitative estimate of drug-likeness (QED) is 0.0543. The second kappa shape index (κ2) is 16.7. The van der Waals surface area contributed by atoms with Gasteiger partial charge in [0.2, 0.25) is 17.7 Å². The number of non-ortho nitro benzene ring substituents is 1. The summed E-state index contributed by atoms with van der Waals surface area (Å²) in [6, 6.07) is -1.08. The van der Waals surface area contributed by atoms with Crippen LogP contribution in [0.5, 0.6) is 5.75 Å². The Balaban J connectivity index is 2.30. The lowest BCUT2D eigenvalue weighted by atomic mass is 10.1. The monoisotopic (exact) mass is 588 g/mol. The van der Waals surface area contributed by atoms with E-state index in [1.54, 1.807) is 0 Å². The van der Waals surface area contributed by atoms with Crippen LogP contribution in [0.4, 0.5) is 5.69 Å². The highest BCUT2D eigenvalue weighted by Gasteiger charge is 2.31. The average Bonchev–Trinajstić information content (AvgIpc) is 2.95. The van der Waals surface area contributed by atoms with E-state index in [2.05, 4.69) is 43.3 Å². The molecule has 1 aliphatic heterocycles. The molecular formula is C25H28N6O11. The van der Waals surface area contributed by atoms with Crippen LogP contribution in [-0.4, -0.2) is 70.9 Å². The summed E-state index contributed by atoms with van der Waals surface area (Å²) in [7, 11) is 0. The van der Waals surface area contributed by atoms with Gasteiger partial charge in [-0.05, 0) is 37.7 Å². The molecule has 17 heteroatoms. The fraction of sp³-hybridized carbons (Fsp3) is 0.400. The number of nitrogens with two attached hydrogens (primary N) is 1. The third-order valence-electron chi connectivity index (χ3n) is 5.67. The Bertz CT molecular complexity index is 1300. The van der Waals surface area contributed by atoms with Crippen molar-refractivity contribution in [1.82, 2.24) is 21.4 Å². The zero-order valence-electron chi connectivity index (χ0n) is 22.0. The predicted molar refractivity (Wildman–Crippen MR) is 140 cm³/mol. The molecule has 17 nitrogen and oxygen atoms in total. The van der Waals surface area contributed by atoms with Gasteiger partial charge in [0.1, 0.15) is 30.5 Å². The number of carboxylic acids is 1. The van der Waals surface area contributed by atoms with E-state index >= 15 is 0 Å². The van der Waals surface area contributed by atoms with E-state index in [1.807, 2.05) is 5.92 Å². The summed E-state index contributed by atoms with van der Waals surface area (Å²) < 4.78 is 5.53. The van der Waals surface area contributed by atoms with Gasteiger partial charge in [-0.3, -0.25) is 39.0 Å². The Labute approximate surface area is 238 Å². The average molecular weight is 589 g/mol. The van der Waals surface area contributed by atoms with E-state index in [9.17, 15) is 34.1 Å². The summed E-state index contributed by atoms with van der Waals surface area (Å²) in [4.78, 5) is 82.2. The molecule has 3 unspecified atom stereocenters. The molecule has 1 heterocycles. The number of carboxylic acid groups (broad SMARTS) is 1. The van der Waals surface area contributed by atoms with Crippen molar-refractivity contribution in [3.8, 4) is 30.1 Å². The van der Waals surface area contributed by atoms with Gasteiger partial charge in [0.15, 0.2) is 6.11 Å². The van der Waals surface area contributed by atoms with Crippen LogP contribution in [0.3, 0.4) is 0 Å². The maximum absolute atomic E-state index is 13.2. The minimum atomic E-state index is -1.46. The van der Waals surface area contributed by atoms with E-state index in [0.717, 1.165) is 18.2 Å². The Morgan fingerprint density at radius 1 is 1.17 bits per heavy atom. The van der Waals surface area contributed by atoms with Crippen LogP contribution in [0, 0.1) is 34.5 Å². The summed E-state index contributed by atoms with van der Waals surface area (Å²) in [5, 5.41) is 27.6. The van der Waals surface area contributed by atoms with Crippen LogP contribution >= 0.6 is 0 Å². The first kappa shape index (κ1) is 32.8. The first-order valence-corrected chi connectivity index (χ1v) is 12.4. The zero-order valence-corrected chi connectivity index (χ0v) is 22.0. The van der Waals surface area contributed by atoms with E-state index in [0.29, 0.717) is 12.8 Å². The van der Waals surface area contributed by atoms with Gasteiger partial charge in [-0.1, -0.05) is 4.99 Å². The number of amides is 4. The summed E-state index contributed by atoms with van der Waals surface area (Å²) in [5.74, 6) is -1.01. The number of carbonyl (C=O) groups is 5. The fourth-order valence-corrected chi connectivity index (χ4v) is 3.58. The number of nitro benzene ring substituents is 1. The van der Waals surface area contributed by atoms with E-state index in [4.69, 9.17) is 22.0 Å². The largest absolute Gasteiger partial charge is 0.490 e. The van der Waals surface area contributed by atoms with Crippen molar-refractivity contribution in [3.63, 3.8) is 0 Å². The number of carbonyl (C=O) groups excluding carboxylic acids is 4. The number of fused-ring (bicyclic) bond motifs is 1. The Morgan fingerprint density at radius 2 is 1.88 bits per heavy atom. The molecule has 0 spiro atoms. The number of unbranched alkanes of at least 4 members (excludes halogenated alkanes) is 1.